The van der Waals surface area contributed by atoms with Crippen molar-refractivity contribution in [3.63, 3.8) is 0 Å². The summed E-state index contributed by atoms with van der Waals surface area (Å²) in [6, 6.07) is 3.37. The van der Waals surface area contributed by atoms with Crippen molar-refractivity contribution in [2.45, 2.75) is 44.1 Å². The van der Waals surface area contributed by atoms with Crippen molar-refractivity contribution in [3.05, 3.63) is 23.3 Å². The van der Waals surface area contributed by atoms with Gasteiger partial charge in [0.2, 0.25) is 10.0 Å². The summed E-state index contributed by atoms with van der Waals surface area (Å²) < 4.78 is 38.4. The number of piperidine rings is 1. The van der Waals surface area contributed by atoms with Crippen LogP contribution in [0.1, 0.15) is 30.4 Å². The van der Waals surface area contributed by atoms with Crippen molar-refractivity contribution in [2.24, 2.45) is 5.73 Å². The molecule has 1 aromatic carbocycles. The summed E-state index contributed by atoms with van der Waals surface area (Å²) in [6.07, 6.45) is 2.40. The van der Waals surface area contributed by atoms with E-state index in [4.69, 9.17) is 15.2 Å². The summed E-state index contributed by atoms with van der Waals surface area (Å²) in [5, 5.41) is 0. The number of ether oxygens (including phenoxy) is 2. The van der Waals surface area contributed by atoms with Crippen molar-refractivity contribution < 1.29 is 17.9 Å². The highest BCUT2D eigenvalue weighted by Crippen LogP contribution is 2.29. The van der Waals surface area contributed by atoms with Crippen LogP contribution in [0.4, 0.5) is 0 Å². The van der Waals surface area contributed by atoms with Crippen molar-refractivity contribution in [1.29, 1.82) is 0 Å². The summed E-state index contributed by atoms with van der Waals surface area (Å²) in [7, 11) is -1.88. The van der Waals surface area contributed by atoms with Gasteiger partial charge in [-0.25, -0.2) is 8.42 Å². The number of hydrogen-bond donors (Lipinski definition) is 1. The van der Waals surface area contributed by atoms with Crippen molar-refractivity contribution >= 4 is 22.4 Å². The minimum atomic E-state index is -3.48. The van der Waals surface area contributed by atoms with Gasteiger partial charge in [0.25, 0.3) is 0 Å². The third-order valence-electron chi connectivity index (χ3n) is 4.38. The largest absolute Gasteiger partial charge is 0.496 e. The van der Waals surface area contributed by atoms with Crippen LogP contribution >= 0.6 is 12.4 Å². The van der Waals surface area contributed by atoms with Gasteiger partial charge in [0.05, 0.1) is 18.1 Å². The number of aryl methyl sites for hydroxylation is 2. The van der Waals surface area contributed by atoms with Gasteiger partial charge in [-0.15, -0.1) is 12.4 Å². The van der Waals surface area contributed by atoms with Crippen LogP contribution in [-0.4, -0.2) is 52.2 Å². The fourth-order valence-corrected chi connectivity index (χ4v) is 4.74. The molecule has 2 rings (SSSR count). The van der Waals surface area contributed by atoms with E-state index in [2.05, 4.69) is 0 Å². The number of halogens is 1. The molecule has 1 aromatic rings. The number of rotatable bonds is 7. The zero-order chi connectivity index (χ0) is 17.7. The highest BCUT2D eigenvalue weighted by Gasteiger charge is 2.30. The third-order valence-corrected chi connectivity index (χ3v) is 6.26. The Labute approximate surface area is 157 Å². The molecule has 1 aliphatic rings. The summed E-state index contributed by atoms with van der Waals surface area (Å²) in [4.78, 5) is 0.334. The van der Waals surface area contributed by atoms with Gasteiger partial charge in [0.1, 0.15) is 5.75 Å². The highest BCUT2D eigenvalue weighted by molar-refractivity contribution is 7.89. The maximum atomic E-state index is 12.9. The predicted molar refractivity (Wildman–Crippen MR) is 101 cm³/mol. The van der Waals surface area contributed by atoms with E-state index in [-0.39, 0.29) is 18.5 Å². The molecule has 0 radical (unpaired) electrons. The van der Waals surface area contributed by atoms with Crippen LogP contribution in [0.25, 0.3) is 0 Å². The minimum absolute atomic E-state index is 0. The maximum Gasteiger partial charge on any atom is 0.243 e. The Morgan fingerprint density at radius 2 is 1.76 bits per heavy atom. The maximum absolute atomic E-state index is 12.9. The first-order chi connectivity index (χ1) is 11.4. The van der Waals surface area contributed by atoms with Crippen molar-refractivity contribution in [3.8, 4) is 5.75 Å². The second-order valence-corrected chi connectivity index (χ2v) is 8.14. The van der Waals surface area contributed by atoms with Gasteiger partial charge < -0.3 is 15.2 Å². The molecule has 1 fully saturated rings. The molecule has 1 heterocycles. The Hall–Kier alpha value is -0.860. The molecule has 6 nitrogen and oxygen atoms in total. The SMILES string of the molecule is COc1c(C)cc(S(=O)(=O)N2CCC(OCCCN)CC2)cc1C.Cl. The van der Waals surface area contributed by atoms with E-state index in [0.29, 0.717) is 31.1 Å². The van der Waals surface area contributed by atoms with Crippen LogP contribution in [0.15, 0.2) is 17.0 Å². The molecule has 0 aliphatic carbocycles. The van der Waals surface area contributed by atoms with Crippen molar-refractivity contribution in [2.75, 3.05) is 33.4 Å². The zero-order valence-corrected chi connectivity index (χ0v) is 16.8. The monoisotopic (exact) mass is 392 g/mol. The molecule has 0 aromatic heterocycles. The molecule has 0 atom stereocenters. The molecule has 144 valence electrons. The standard InChI is InChI=1S/C17H28N2O4S.ClH/c1-13-11-16(12-14(2)17(13)22-3)24(20,21)19-8-5-15(6-9-19)23-10-4-7-18;/h11-12,15H,4-10,18H2,1-3H3;1H. The average Bonchev–Trinajstić information content (AvgIpc) is 2.55. The molecule has 25 heavy (non-hydrogen) atoms. The van der Waals surface area contributed by atoms with E-state index in [1.165, 1.54) is 0 Å². The lowest BCUT2D eigenvalue weighted by Gasteiger charge is -2.31. The minimum Gasteiger partial charge on any atom is -0.496 e. The number of nitrogens with zero attached hydrogens (tertiary/aromatic N) is 1. The lowest BCUT2D eigenvalue weighted by atomic mass is 10.1. The molecule has 0 saturated carbocycles. The van der Waals surface area contributed by atoms with E-state index in [1.807, 2.05) is 13.8 Å². The fraction of sp³-hybridized carbons (Fsp3) is 0.647. The number of benzene rings is 1. The normalized spacial score (nSPS) is 16.5. The summed E-state index contributed by atoms with van der Waals surface area (Å²) in [5.41, 5.74) is 7.12. The van der Waals surface area contributed by atoms with Gasteiger partial charge in [0.15, 0.2) is 0 Å². The molecule has 8 heteroatoms. The van der Waals surface area contributed by atoms with E-state index in [0.717, 1.165) is 36.1 Å². The third kappa shape index (κ3) is 5.31. The zero-order valence-electron chi connectivity index (χ0n) is 15.2. The quantitative estimate of drug-likeness (QED) is 0.719. The van der Waals surface area contributed by atoms with Crippen LogP contribution in [0, 0.1) is 13.8 Å². The van der Waals surface area contributed by atoms with Crippen LogP contribution in [-0.2, 0) is 14.8 Å². The highest BCUT2D eigenvalue weighted by atomic mass is 35.5. The first-order valence-corrected chi connectivity index (χ1v) is 9.81. The van der Waals surface area contributed by atoms with Crippen LogP contribution in [0.5, 0.6) is 5.75 Å². The van der Waals surface area contributed by atoms with E-state index >= 15 is 0 Å². The first kappa shape index (κ1) is 22.2. The van der Waals surface area contributed by atoms with E-state index in [1.54, 1.807) is 23.5 Å². The number of nitrogens with two attached hydrogens (primary N) is 1. The molecule has 2 N–H and O–H groups in total. The van der Waals surface area contributed by atoms with Gasteiger partial charge in [-0.3, -0.25) is 0 Å². The summed E-state index contributed by atoms with van der Waals surface area (Å²) in [5.74, 6) is 0.737. The Balaban J connectivity index is 0.00000312. The number of sulfonamides is 1. The number of methoxy groups -OCH3 is 1. The average molecular weight is 393 g/mol. The van der Waals surface area contributed by atoms with Crippen LogP contribution in [0.3, 0.4) is 0 Å². The molecule has 0 unspecified atom stereocenters. The predicted octanol–water partition coefficient (Wildman–Crippen LogP) is 2.25. The van der Waals surface area contributed by atoms with Crippen LogP contribution < -0.4 is 10.5 Å². The molecule has 0 bridgehead atoms. The smallest absolute Gasteiger partial charge is 0.243 e. The molecule has 1 aliphatic heterocycles. The molecule has 0 spiro atoms. The second-order valence-electron chi connectivity index (χ2n) is 6.21. The molecule has 0 amide bonds. The number of hydrogen-bond acceptors (Lipinski definition) is 5. The molecule has 1 saturated heterocycles. The van der Waals surface area contributed by atoms with Gasteiger partial charge >= 0.3 is 0 Å². The Bertz CT molecular complexity index is 636. The summed E-state index contributed by atoms with van der Waals surface area (Å²) >= 11 is 0. The van der Waals surface area contributed by atoms with Crippen molar-refractivity contribution in [1.82, 2.24) is 4.31 Å². The van der Waals surface area contributed by atoms with Crippen LogP contribution in [0.2, 0.25) is 0 Å². The fourth-order valence-electron chi connectivity index (χ4n) is 3.10. The Morgan fingerprint density at radius 1 is 1.20 bits per heavy atom. The van der Waals surface area contributed by atoms with Gasteiger partial charge in [-0.05, 0) is 62.9 Å². The van der Waals surface area contributed by atoms with E-state index in [9.17, 15) is 8.42 Å². The topological polar surface area (TPSA) is 81.9 Å². The second kappa shape index (κ2) is 9.73. The Kier molecular flexibility index (Phi) is 8.63. The summed E-state index contributed by atoms with van der Waals surface area (Å²) in [6.45, 7) is 5.96. The van der Waals surface area contributed by atoms with E-state index < -0.39 is 10.0 Å². The van der Waals surface area contributed by atoms with Gasteiger partial charge in [-0.2, -0.15) is 4.31 Å². The molecular formula is C17H29ClN2O4S. The molecular weight excluding hydrogens is 364 g/mol. The Morgan fingerprint density at radius 3 is 2.24 bits per heavy atom. The lowest BCUT2D eigenvalue weighted by molar-refractivity contribution is 0.0209. The van der Waals surface area contributed by atoms with Gasteiger partial charge in [-0.1, -0.05) is 0 Å². The lowest BCUT2D eigenvalue weighted by Crippen LogP contribution is -2.41. The first-order valence-electron chi connectivity index (χ1n) is 8.37. The van der Waals surface area contributed by atoms with Gasteiger partial charge in [0, 0.05) is 19.7 Å².